The molecule has 0 amide bonds. The fourth-order valence-electron chi connectivity index (χ4n) is 3.65. The Labute approximate surface area is 197 Å². The van der Waals surface area contributed by atoms with Gasteiger partial charge in [-0.1, -0.05) is 18.2 Å². The molecule has 5 nitrogen and oxygen atoms in total. The molecule has 30 heavy (non-hydrogen) atoms. The van der Waals surface area contributed by atoms with Crippen LogP contribution in [0.15, 0.2) is 35.3 Å². The molecule has 1 heterocycles. The zero-order valence-electron chi connectivity index (χ0n) is 18.5. The number of nitrogens with zero attached hydrogens (tertiary/aromatic N) is 3. The third kappa shape index (κ3) is 8.11. The van der Waals surface area contributed by atoms with Crippen LogP contribution in [-0.2, 0) is 0 Å². The number of guanidine groups is 1. The van der Waals surface area contributed by atoms with Crippen LogP contribution in [0.5, 0.6) is 0 Å². The highest BCUT2D eigenvalue weighted by Gasteiger charge is 2.23. The van der Waals surface area contributed by atoms with Crippen LogP contribution < -0.4 is 10.6 Å². The molecule has 0 aliphatic carbocycles. The molecule has 1 aromatic carbocycles. The number of rotatable bonds is 8. The molecule has 0 saturated carbocycles. The number of benzene rings is 1. The molecule has 1 aliphatic rings. The first-order valence-electron chi connectivity index (χ1n) is 10.3. The van der Waals surface area contributed by atoms with Crippen LogP contribution in [0.3, 0.4) is 0 Å². The van der Waals surface area contributed by atoms with Crippen LogP contribution in [0.2, 0.25) is 0 Å². The van der Waals surface area contributed by atoms with Crippen LogP contribution in [0, 0.1) is 11.6 Å². The summed E-state index contributed by atoms with van der Waals surface area (Å²) in [6, 6.07) is 3.82. The number of nitrogens with one attached hydrogen (secondary N) is 2. The lowest BCUT2D eigenvalue weighted by atomic mass is 10.0. The van der Waals surface area contributed by atoms with Gasteiger partial charge in [0.2, 0.25) is 0 Å². The maximum atomic E-state index is 14.3. The standard InChI is InChI=1S/C22H35F2N5.HI/c1-6-25-22(27-17-10-12-29(13-11-17)15-16(2)3)26-14-20(28(4)5)21-18(23)8-7-9-19(21)24;/h7-9,17,20H,2,6,10-15H2,1,3-5H3,(H2,25,26,27);1H. The molecule has 0 aromatic heterocycles. The third-order valence-corrected chi connectivity index (χ3v) is 5.14. The minimum Gasteiger partial charge on any atom is -0.357 e. The fourth-order valence-corrected chi connectivity index (χ4v) is 3.65. The van der Waals surface area contributed by atoms with E-state index in [2.05, 4.69) is 34.0 Å². The van der Waals surface area contributed by atoms with Crippen molar-refractivity contribution in [2.75, 3.05) is 46.8 Å². The van der Waals surface area contributed by atoms with Crippen LogP contribution in [0.4, 0.5) is 8.78 Å². The Morgan fingerprint density at radius 2 is 1.87 bits per heavy atom. The van der Waals surface area contributed by atoms with Crippen molar-refractivity contribution in [1.82, 2.24) is 20.4 Å². The van der Waals surface area contributed by atoms with E-state index in [1.807, 2.05) is 21.0 Å². The van der Waals surface area contributed by atoms with E-state index in [1.54, 1.807) is 4.90 Å². The number of halogens is 3. The maximum Gasteiger partial charge on any atom is 0.191 e. The lowest BCUT2D eigenvalue weighted by Crippen LogP contribution is -2.49. The minimum absolute atomic E-state index is 0. The number of aliphatic imine (C=N–C) groups is 1. The summed E-state index contributed by atoms with van der Waals surface area (Å²) >= 11 is 0. The van der Waals surface area contributed by atoms with E-state index in [0.29, 0.717) is 12.0 Å². The molecule has 1 aliphatic heterocycles. The molecule has 2 rings (SSSR count). The smallest absolute Gasteiger partial charge is 0.191 e. The van der Waals surface area contributed by atoms with Gasteiger partial charge < -0.3 is 15.5 Å². The van der Waals surface area contributed by atoms with Crippen LogP contribution in [0.1, 0.15) is 38.3 Å². The predicted molar refractivity (Wildman–Crippen MR) is 132 cm³/mol. The van der Waals surface area contributed by atoms with Crippen molar-refractivity contribution in [3.8, 4) is 0 Å². The van der Waals surface area contributed by atoms with Gasteiger partial charge in [-0.15, -0.1) is 24.0 Å². The Bertz CT molecular complexity index is 683. The molecule has 1 unspecified atom stereocenters. The molecule has 0 spiro atoms. The van der Waals surface area contributed by atoms with E-state index in [4.69, 9.17) is 0 Å². The van der Waals surface area contributed by atoms with Gasteiger partial charge in [0.1, 0.15) is 11.6 Å². The zero-order valence-corrected chi connectivity index (χ0v) is 20.9. The highest BCUT2D eigenvalue weighted by molar-refractivity contribution is 14.0. The Hall–Kier alpha value is -1.26. The van der Waals surface area contributed by atoms with Gasteiger partial charge in [-0.05, 0) is 52.9 Å². The van der Waals surface area contributed by atoms with E-state index in [0.717, 1.165) is 39.0 Å². The number of piperidine rings is 1. The fraction of sp³-hybridized carbons (Fsp3) is 0.591. The van der Waals surface area contributed by atoms with Gasteiger partial charge in [0.15, 0.2) is 5.96 Å². The Balaban J connectivity index is 0.00000450. The third-order valence-electron chi connectivity index (χ3n) is 5.14. The predicted octanol–water partition coefficient (Wildman–Crippen LogP) is 3.78. The van der Waals surface area contributed by atoms with Crippen molar-refractivity contribution in [2.45, 2.75) is 38.8 Å². The van der Waals surface area contributed by atoms with Crippen molar-refractivity contribution in [3.63, 3.8) is 0 Å². The van der Waals surface area contributed by atoms with Crippen molar-refractivity contribution >= 4 is 29.9 Å². The molecular formula is C22H36F2IN5. The van der Waals surface area contributed by atoms with Crippen LogP contribution >= 0.6 is 24.0 Å². The normalized spacial score (nSPS) is 16.8. The summed E-state index contributed by atoms with van der Waals surface area (Å²) in [6.07, 6.45) is 2.05. The molecule has 0 radical (unpaired) electrons. The Morgan fingerprint density at radius 1 is 1.27 bits per heavy atom. The van der Waals surface area contributed by atoms with Gasteiger partial charge in [-0.3, -0.25) is 9.89 Å². The second-order valence-corrected chi connectivity index (χ2v) is 7.99. The van der Waals surface area contributed by atoms with Gasteiger partial charge in [0, 0.05) is 37.8 Å². The maximum absolute atomic E-state index is 14.3. The van der Waals surface area contributed by atoms with E-state index < -0.39 is 17.7 Å². The van der Waals surface area contributed by atoms with E-state index in [-0.39, 0.29) is 36.1 Å². The van der Waals surface area contributed by atoms with E-state index in [1.165, 1.54) is 23.8 Å². The number of likely N-dealkylation sites (tertiary alicyclic amines) is 1. The summed E-state index contributed by atoms with van der Waals surface area (Å²) in [5, 5.41) is 6.74. The lowest BCUT2D eigenvalue weighted by molar-refractivity contribution is 0.221. The highest BCUT2D eigenvalue weighted by atomic mass is 127. The van der Waals surface area contributed by atoms with Crippen LogP contribution in [0.25, 0.3) is 0 Å². The van der Waals surface area contributed by atoms with Crippen molar-refractivity contribution < 1.29 is 8.78 Å². The zero-order chi connectivity index (χ0) is 21.4. The molecule has 2 N–H and O–H groups in total. The van der Waals surface area contributed by atoms with Crippen LogP contribution in [-0.4, -0.2) is 68.6 Å². The quantitative estimate of drug-likeness (QED) is 0.230. The average Bonchev–Trinajstić information content (AvgIpc) is 2.65. The summed E-state index contributed by atoms with van der Waals surface area (Å²) in [4.78, 5) is 8.85. The van der Waals surface area contributed by atoms with Gasteiger partial charge in [-0.2, -0.15) is 0 Å². The summed E-state index contributed by atoms with van der Waals surface area (Å²) in [7, 11) is 3.62. The first-order chi connectivity index (χ1) is 13.8. The summed E-state index contributed by atoms with van der Waals surface area (Å²) in [5.41, 5.74) is 1.24. The number of hydrogen-bond acceptors (Lipinski definition) is 3. The summed E-state index contributed by atoms with van der Waals surface area (Å²) in [5.74, 6) is -0.391. The Morgan fingerprint density at radius 3 is 2.37 bits per heavy atom. The topological polar surface area (TPSA) is 42.9 Å². The minimum atomic E-state index is -0.540. The summed E-state index contributed by atoms with van der Waals surface area (Å²) in [6.45, 7) is 12.0. The van der Waals surface area contributed by atoms with E-state index >= 15 is 0 Å². The molecule has 8 heteroatoms. The molecule has 1 atom stereocenters. The second kappa shape index (κ2) is 13.2. The molecule has 1 saturated heterocycles. The molecule has 0 bridgehead atoms. The largest absolute Gasteiger partial charge is 0.357 e. The number of likely N-dealkylation sites (N-methyl/N-ethyl adjacent to an activating group) is 1. The number of hydrogen-bond donors (Lipinski definition) is 2. The first kappa shape index (κ1) is 26.8. The van der Waals surface area contributed by atoms with Gasteiger partial charge >= 0.3 is 0 Å². The second-order valence-electron chi connectivity index (χ2n) is 7.99. The molecular weight excluding hydrogens is 499 g/mol. The van der Waals surface area contributed by atoms with Gasteiger partial charge in [-0.25, -0.2) is 8.78 Å². The van der Waals surface area contributed by atoms with E-state index in [9.17, 15) is 8.78 Å². The SMILES string of the molecule is C=C(C)CN1CCC(NC(=NCC(c2c(F)cccc2F)N(C)C)NCC)CC1.I. The van der Waals surface area contributed by atoms with Gasteiger partial charge in [0.25, 0.3) is 0 Å². The average molecular weight is 535 g/mol. The lowest BCUT2D eigenvalue weighted by Gasteiger charge is -2.33. The van der Waals surface area contributed by atoms with Crippen molar-refractivity contribution in [2.24, 2.45) is 4.99 Å². The molecule has 1 fully saturated rings. The molecule has 170 valence electrons. The Kier molecular flexibility index (Phi) is 11.8. The highest BCUT2D eigenvalue weighted by Crippen LogP contribution is 2.24. The summed E-state index contributed by atoms with van der Waals surface area (Å²) < 4.78 is 28.6. The molecule has 1 aromatic rings. The van der Waals surface area contributed by atoms with Crippen molar-refractivity contribution in [1.29, 1.82) is 0 Å². The first-order valence-corrected chi connectivity index (χ1v) is 10.3. The van der Waals surface area contributed by atoms with Gasteiger partial charge in [0.05, 0.1) is 12.6 Å². The van der Waals surface area contributed by atoms with Crippen molar-refractivity contribution in [3.05, 3.63) is 47.5 Å². The monoisotopic (exact) mass is 535 g/mol.